The average molecular weight is 213 g/mol. The maximum absolute atomic E-state index is 13.5. The molecular formula is C13H8FNO. The number of nitrogens with zero attached hydrogens (tertiary/aromatic N) is 1. The molecule has 0 aliphatic heterocycles. The van der Waals surface area contributed by atoms with Gasteiger partial charge in [-0.15, -0.1) is 6.42 Å². The van der Waals surface area contributed by atoms with Gasteiger partial charge in [0.25, 0.3) is 0 Å². The Morgan fingerprint density at radius 3 is 2.81 bits per heavy atom. The van der Waals surface area contributed by atoms with Gasteiger partial charge in [0.15, 0.2) is 11.6 Å². The first-order chi connectivity index (χ1) is 7.79. The first-order valence-electron chi connectivity index (χ1n) is 4.63. The Morgan fingerprint density at radius 1 is 1.31 bits per heavy atom. The number of ether oxygens (including phenoxy) is 1. The Hall–Kier alpha value is -2.34. The van der Waals surface area contributed by atoms with E-state index >= 15 is 0 Å². The maximum Gasteiger partial charge on any atom is 0.166 e. The molecule has 2 nitrogen and oxygen atoms in total. The molecule has 0 saturated carbocycles. The number of terminal acetylenes is 1. The van der Waals surface area contributed by atoms with Crippen LogP contribution in [-0.2, 0) is 0 Å². The van der Waals surface area contributed by atoms with Gasteiger partial charge in [-0.3, -0.25) is 4.98 Å². The van der Waals surface area contributed by atoms with Gasteiger partial charge in [0.1, 0.15) is 5.75 Å². The van der Waals surface area contributed by atoms with Crippen LogP contribution in [0.15, 0.2) is 42.7 Å². The van der Waals surface area contributed by atoms with Gasteiger partial charge < -0.3 is 4.74 Å². The quantitative estimate of drug-likeness (QED) is 0.715. The zero-order chi connectivity index (χ0) is 11.4. The summed E-state index contributed by atoms with van der Waals surface area (Å²) in [7, 11) is 0. The molecule has 0 amide bonds. The van der Waals surface area contributed by atoms with Gasteiger partial charge in [0, 0.05) is 11.8 Å². The van der Waals surface area contributed by atoms with E-state index in [4.69, 9.17) is 11.2 Å². The predicted octanol–water partition coefficient (Wildman–Crippen LogP) is 2.99. The highest BCUT2D eigenvalue weighted by atomic mass is 19.1. The van der Waals surface area contributed by atoms with Crippen molar-refractivity contribution in [1.82, 2.24) is 4.98 Å². The molecule has 0 radical (unpaired) electrons. The minimum atomic E-state index is -0.487. The van der Waals surface area contributed by atoms with Crippen molar-refractivity contribution in [2.24, 2.45) is 0 Å². The molecule has 2 aromatic rings. The normalized spacial score (nSPS) is 9.50. The SMILES string of the molecule is C#Cc1ccc(Oc2cccnc2)c(F)c1. The molecule has 3 heteroatoms. The van der Waals surface area contributed by atoms with Gasteiger partial charge in [-0.05, 0) is 30.3 Å². The third-order valence-corrected chi connectivity index (χ3v) is 1.96. The summed E-state index contributed by atoms with van der Waals surface area (Å²) in [6.45, 7) is 0. The monoisotopic (exact) mass is 213 g/mol. The number of hydrogen-bond acceptors (Lipinski definition) is 2. The molecule has 0 fully saturated rings. The van der Waals surface area contributed by atoms with Crippen LogP contribution in [0.5, 0.6) is 11.5 Å². The third kappa shape index (κ3) is 2.18. The molecule has 1 aromatic heterocycles. The molecule has 0 spiro atoms. The van der Waals surface area contributed by atoms with Crippen LogP contribution in [0, 0.1) is 18.2 Å². The summed E-state index contributed by atoms with van der Waals surface area (Å²) in [4.78, 5) is 3.86. The van der Waals surface area contributed by atoms with Gasteiger partial charge >= 0.3 is 0 Å². The first-order valence-corrected chi connectivity index (χ1v) is 4.63. The standard InChI is InChI=1S/C13H8FNO/c1-2-10-5-6-13(12(14)8-10)16-11-4-3-7-15-9-11/h1,3-9H. The highest BCUT2D eigenvalue weighted by Crippen LogP contribution is 2.24. The highest BCUT2D eigenvalue weighted by molar-refractivity contribution is 5.39. The largest absolute Gasteiger partial charge is 0.453 e. The summed E-state index contributed by atoms with van der Waals surface area (Å²) >= 11 is 0. The minimum absolute atomic E-state index is 0.131. The Morgan fingerprint density at radius 2 is 2.19 bits per heavy atom. The van der Waals surface area contributed by atoms with Crippen LogP contribution in [0.1, 0.15) is 5.56 Å². The lowest BCUT2D eigenvalue weighted by atomic mass is 10.2. The van der Waals surface area contributed by atoms with Crippen molar-refractivity contribution in [2.45, 2.75) is 0 Å². The van der Waals surface area contributed by atoms with Crippen molar-refractivity contribution in [3.63, 3.8) is 0 Å². The van der Waals surface area contributed by atoms with Crippen molar-refractivity contribution in [2.75, 3.05) is 0 Å². The summed E-state index contributed by atoms with van der Waals surface area (Å²) in [5, 5.41) is 0. The molecule has 2 rings (SSSR count). The number of hydrogen-bond donors (Lipinski definition) is 0. The molecule has 0 aliphatic rings. The van der Waals surface area contributed by atoms with Crippen LogP contribution >= 0.6 is 0 Å². The summed E-state index contributed by atoms with van der Waals surface area (Å²) < 4.78 is 18.8. The van der Waals surface area contributed by atoms with E-state index in [1.54, 1.807) is 24.4 Å². The summed E-state index contributed by atoms with van der Waals surface area (Å²) in [6, 6.07) is 7.78. The Kier molecular flexibility index (Phi) is 2.84. The number of pyridine rings is 1. The zero-order valence-electron chi connectivity index (χ0n) is 8.35. The minimum Gasteiger partial charge on any atom is -0.453 e. The Bertz CT molecular complexity index is 531. The second kappa shape index (κ2) is 4.45. The van der Waals surface area contributed by atoms with Crippen LogP contribution in [-0.4, -0.2) is 4.98 Å². The number of halogens is 1. The molecule has 1 heterocycles. The lowest BCUT2D eigenvalue weighted by Gasteiger charge is -2.05. The van der Waals surface area contributed by atoms with Crippen LogP contribution < -0.4 is 4.74 Å². The fourth-order valence-corrected chi connectivity index (χ4v) is 1.21. The van der Waals surface area contributed by atoms with Gasteiger partial charge in [0.05, 0.1) is 6.20 Å². The average Bonchev–Trinajstić information content (AvgIpc) is 2.33. The summed E-state index contributed by atoms with van der Waals surface area (Å²) in [6.07, 6.45) is 8.28. The third-order valence-electron chi connectivity index (χ3n) is 1.96. The van der Waals surface area contributed by atoms with E-state index in [0.29, 0.717) is 11.3 Å². The van der Waals surface area contributed by atoms with E-state index in [9.17, 15) is 4.39 Å². The van der Waals surface area contributed by atoms with E-state index in [-0.39, 0.29) is 5.75 Å². The van der Waals surface area contributed by atoms with E-state index in [2.05, 4.69) is 10.9 Å². The lowest BCUT2D eigenvalue weighted by Crippen LogP contribution is -1.89. The predicted molar refractivity (Wildman–Crippen MR) is 58.6 cm³/mol. The first kappa shape index (κ1) is 10.2. The van der Waals surface area contributed by atoms with E-state index in [1.165, 1.54) is 18.3 Å². The van der Waals surface area contributed by atoms with Crippen molar-refractivity contribution in [3.05, 3.63) is 54.1 Å². The molecule has 0 N–H and O–H groups in total. The number of benzene rings is 1. The molecule has 16 heavy (non-hydrogen) atoms. The van der Waals surface area contributed by atoms with Crippen molar-refractivity contribution >= 4 is 0 Å². The molecule has 1 aromatic carbocycles. The van der Waals surface area contributed by atoms with E-state index in [0.717, 1.165) is 0 Å². The van der Waals surface area contributed by atoms with Crippen LogP contribution in [0.25, 0.3) is 0 Å². The smallest absolute Gasteiger partial charge is 0.166 e. The topological polar surface area (TPSA) is 22.1 Å². The van der Waals surface area contributed by atoms with E-state index in [1.807, 2.05) is 0 Å². The molecule has 0 bridgehead atoms. The molecule has 0 atom stereocenters. The summed E-state index contributed by atoms with van der Waals surface area (Å²) in [5.74, 6) is 2.48. The van der Waals surface area contributed by atoms with Gasteiger partial charge in [0.2, 0.25) is 0 Å². The van der Waals surface area contributed by atoms with Crippen molar-refractivity contribution in [1.29, 1.82) is 0 Å². The van der Waals surface area contributed by atoms with Crippen molar-refractivity contribution < 1.29 is 9.13 Å². The molecule has 0 saturated heterocycles. The Balaban J connectivity index is 2.27. The molecule has 0 aliphatic carbocycles. The number of aromatic nitrogens is 1. The maximum atomic E-state index is 13.5. The van der Waals surface area contributed by atoms with Crippen LogP contribution in [0.4, 0.5) is 4.39 Å². The second-order valence-corrected chi connectivity index (χ2v) is 3.08. The van der Waals surface area contributed by atoms with Crippen LogP contribution in [0.2, 0.25) is 0 Å². The van der Waals surface area contributed by atoms with Crippen LogP contribution in [0.3, 0.4) is 0 Å². The molecule has 78 valence electrons. The second-order valence-electron chi connectivity index (χ2n) is 3.08. The lowest BCUT2D eigenvalue weighted by molar-refractivity contribution is 0.440. The molecular weight excluding hydrogens is 205 g/mol. The highest BCUT2D eigenvalue weighted by Gasteiger charge is 2.04. The van der Waals surface area contributed by atoms with Gasteiger partial charge in [-0.2, -0.15) is 0 Å². The Labute approximate surface area is 92.7 Å². The fraction of sp³-hybridized carbons (Fsp3) is 0. The number of rotatable bonds is 2. The van der Waals surface area contributed by atoms with Gasteiger partial charge in [-0.1, -0.05) is 5.92 Å². The van der Waals surface area contributed by atoms with E-state index < -0.39 is 5.82 Å². The molecule has 0 unspecified atom stereocenters. The van der Waals surface area contributed by atoms with Crippen molar-refractivity contribution in [3.8, 4) is 23.8 Å². The fourth-order valence-electron chi connectivity index (χ4n) is 1.21. The summed E-state index contributed by atoms with van der Waals surface area (Å²) in [5.41, 5.74) is 0.482. The van der Waals surface area contributed by atoms with Gasteiger partial charge in [-0.25, -0.2) is 4.39 Å². The zero-order valence-corrected chi connectivity index (χ0v) is 8.35.